The van der Waals surface area contributed by atoms with Gasteiger partial charge in [0.05, 0.1) is 5.56 Å². The van der Waals surface area contributed by atoms with E-state index in [1.807, 2.05) is 0 Å². The molecule has 2 aromatic rings. The summed E-state index contributed by atoms with van der Waals surface area (Å²) in [5.74, 6) is -0.801. The van der Waals surface area contributed by atoms with E-state index in [1.165, 1.54) is 12.1 Å². The van der Waals surface area contributed by atoms with Gasteiger partial charge < -0.3 is 10.6 Å². The normalized spacial score (nSPS) is 11.0. The van der Waals surface area contributed by atoms with Gasteiger partial charge in [-0.1, -0.05) is 24.3 Å². The number of hydrogen-bond acceptors (Lipinski definition) is 2. The number of carbonyl (C=O) groups excluding carboxylic acids is 2. The summed E-state index contributed by atoms with van der Waals surface area (Å²) in [5, 5.41) is 4.95. The van der Waals surface area contributed by atoms with E-state index >= 15 is 0 Å². The van der Waals surface area contributed by atoms with Gasteiger partial charge in [-0.05, 0) is 30.3 Å². The molecule has 2 amide bonds. The molecule has 2 aromatic carbocycles. The average Bonchev–Trinajstić information content (AvgIpc) is 2.55. The third-order valence-corrected chi connectivity index (χ3v) is 3.15. The molecule has 0 atom stereocenters. The van der Waals surface area contributed by atoms with Gasteiger partial charge in [0.2, 0.25) is 5.91 Å². The first-order valence-corrected chi connectivity index (χ1v) is 7.16. The van der Waals surface area contributed by atoms with E-state index in [2.05, 4.69) is 10.6 Å². The quantitative estimate of drug-likeness (QED) is 0.878. The minimum absolute atomic E-state index is 0.0468. The predicted octanol–water partition coefficient (Wildman–Crippen LogP) is 3.46. The van der Waals surface area contributed by atoms with Crippen molar-refractivity contribution in [2.75, 3.05) is 11.9 Å². The molecule has 0 aliphatic carbocycles. The standard InChI is InChI=1S/C17H15F3N2O2/c18-17(19,20)13-7-4-8-14(11-13)22-15(23)9-10-21-16(24)12-5-2-1-3-6-12/h1-8,11H,9-10H2,(H,21,24)(H,22,23). The van der Waals surface area contributed by atoms with Crippen LogP contribution in [-0.4, -0.2) is 18.4 Å². The lowest BCUT2D eigenvalue weighted by atomic mass is 10.2. The Labute approximate surface area is 136 Å². The summed E-state index contributed by atoms with van der Waals surface area (Å²) in [6.07, 6.45) is -4.51. The maximum absolute atomic E-state index is 12.6. The lowest BCUT2D eigenvalue weighted by Gasteiger charge is -2.10. The Kier molecular flexibility index (Phi) is 5.57. The van der Waals surface area contributed by atoms with Crippen molar-refractivity contribution >= 4 is 17.5 Å². The number of anilines is 1. The molecule has 4 nitrogen and oxygen atoms in total. The van der Waals surface area contributed by atoms with Gasteiger partial charge >= 0.3 is 6.18 Å². The minimum atomic E-state index is -4.47. The van der Waals surface area contributed by atoms with Crippen LogP contribution in [0.2, 0.25) is 0 Å². The van der Waals surface area contributed by atoms with Crippen molar-refractivity contribution < 1.29 is 22.8 Å². The number of hydrogen-bond donors (Lipinski definition) is 2. The predicted molar refractivity (Wildman–Crippen MR) is 83.5 cm³/mol. The van der Waals surface area contributed by atoms with Gasteiger partial charge in [-0.25, -0.2) is 0 Å². The second kappa shape index (κ2) is 7.63. The number of carbonyl (C=O) groups is 2. The van der Waals surface area contributed by atoms with Gasteiger partial charge in [0.1, 0.15) is 0 Å². The highest BCUT2D eigenvalue weighted by Crippen LogP contribution is 2.30. The average molecular weight is 336 g/mol. The third kappa shape index (κ3) is 5.12. The zero-order valence-electron chi connectivity index (χ0n) is 12.6. The number of nitrogens with one attached hydrogen (secondary N) is 2. The highest BCUT2D eigenvalue weighted by Gasteiger charge is 2.30. The molecule has 0 aromatic heterocycles. The largest absolute Gasteiger partial charge is 0.416 e. The highest BCUT2D eigenvalue weighted by atomic mass is 19.4. The summed E-state index contributed by atoms with van der Waals surface area (Å²) in [6.45, 7) is 0.0819. The summed E-state index contributed by atoms with van der Waals surface area (Å²) in [7, 11) is 0. The molecule has 0 saturated heterocycles. The number of halogens is 3. The molecule has 24 heavy (non-hydrogen) atoms. The summed E-state index contributed by atoms with van der Waals surface area (Å²) in [6, 6.07) is 12.9. The molecule has 0 bridgehead atoms. The Morgan fingerprint density at radius 2 is 1.67 bits per heavy atom. The molecular formula is C17H15F3N2O2. The van der Waals surface area contributed by atoms with E-state index in [9.17, 15) is 22.8 Å². The zero-order valence-corrected chi connectivity index (χ0v) is 12.6. The highest BCUT2D eigenvalue weighted by molar-refractivity contribution is 5.95. The van der Waals surface area contributed by atoms with Crippen LogP contribution in [0.25, 0.3) is 0 Å². The zero-order chi connectivity index (χ0) is 17.6. The molecule has 0 spiro atoms. The van der Waals surface area contributed by atoms with Gasteiger partial charge in [0, 0.05) is 24.2 Å². The molecule has 0 unspecified atom stereocenters. The van der Waals surface area contributed by atoms with E-state index in [0.29, 0.717) is 5.56 Å². The Bertz CT molecular complexity index is 715. The fraction of sp³-hybridized carbons (Fsp3) is 0.176. The molecule has 2 rings (SSSR count). The first-order valence-electron chi connectivity index (χ1n) is 7.16. The first-order chi connectivity index (χ1) is 11.4. The molecule has 0 radical (unpaired) electrons. The maximum atomic E-state index is 12.6. The van der Waals surface area contributed by atoms with Crippen molar-refractivity contribution in [1.82, 2.24) is 5.32 Å². The van der Waals surface area contributed by atoms with Gasteiger partial charge in [-0.15, -0.1) is 0 Å². The second-order valence-electron chi connectivity index (χ2n) is 5.00. The van der Waals surface area contributed by atoms with Crippen molar-refractivity contribution in [2.24, 2.45) is 0 Å². The fourth-order valence-electron chi connectivity index (χ4n) is 1.98. The van der Waals surface area contributed by atoms with Crippen LogP contribution in [0.1, 0.15) is 22.3 Å². The van der Waals surface area contributed by atoms with Crippen molar-refractivity contribution in [3.8, 4) is 0 Å². The molecule has 7 heteroatoms. The lowest BCUT2D eigenvalue weighted by molar-refractivity contribution is -0.137. The number of amides is 2. The van der Waals surface area contributed by atoms with E-state index in [1.54, 1.807) is 30.3 Å². The molecule has 126 valence electrons. The smallest absolute Gasteiger partial charge is 0.352 e. The van der Waals surface area contributed by atoms with Crippen LogP contribution in [0, 0.1) is 0 Å². The Hall–Kier alpha value is -2.83. The summed E-state index contributed by atoms with van der Waals surface area (Å²) < 4.78 is 37.8. The number of benzene rings is 2. The Morgan fingerprint density at radius 1 is 0.958 bits per heavy atom. The van der Waals surface area contributed by atoms with Crippen LogP contribution in [0.5, 0.6) is 0 Å². The topological polar surface area (TPSA) is 58.2 Å². The molecule has 0 saturated carbocycles. The molecule has 0 aliphatic rings. The van der Waals surface area contributed by atoms with Crippen molar-refractivity contribution in [2.45, 2.75) is 12.6 Å². The lowest BCUT2D eigenvalue weighted by Crippen LogP contribution is -2.27. The van der Waals surface area contributed by atoms with Crippen LogP contribution < -0.4 is 10.6 Å². The van der Waals surface area contributed by atoms with Gasteiger partial charge in [-0.3, -0.25) is 9.59 Å². The third-order valence-electron chi connectivity index (χ3n) is 3.15. The molecular weight excluding hydrogens is 321 g/mol. The van der Waals surface area contributed by atoms with E-state index < -0.39 is 17.6 Å². The van der Waals surface area contributed by atoms with Crippen LogP contribution in [0.4, 0.5) is 18.9 Å². The molecule has 0 fully saturated rings. The number of rotatable bonds is 5. The van der Waals surface area contributed by atoms with Gasteiger partial charge in [-0.2, -0.15) is 13.2 Å². The van der Waals surface area contributed by atoms with E-state index in [0.717, 1.165) is 12.1 Å². The molecule has 0 aliphatic heterocycles. The molecule has 2 N–H and O–H groups in total. The minimum Gasteiger partial charge on any atom is -0.352 e. The summed E-state index contributed by atoms with van der Waals surface area (Å²) in [5.41, 5.74) is -0.308. The second-order valence-corrected chi connectivity index (χ2v) is 5.00. The SMILES string of the molecule is O=C(CCNC(=O)c1ccccc1)Nc1cccc(C(F)(F)F)c1. The van der Waals surface area contributed by atoms with Crippen LogP contribution in [0.15, 0.2) is 54.6 Å². The first kappa shape index (κ1) is 17.5. The van der Waals surface area contributed by atoms with E-state index in [-0.39, 0.29) is 24.6 Å². The van der Waals surface area contributed by atoms with Crippen LogP contribution in [0.3, 0.4) is 0 Å². The van der Waals surface area contributed by atoms with E-state index in [4.69, 9.17) is 0 Å². The monoisotopic (exact) mass is 336 g/mol. The van der Waals surface area contributed by atoms with Crippen LogP contribution >= 0.6 is 0 Å². The molecule has 0 heterocycles. The fourth-order valence-corrected chi connectivity index (χ4v) is 1.98. The van der Waals surface area contributed by atoms with Crippen LogP contribution in [-0.2, 0) is 11.0 Å². The van der Waals surface area contributed by atoms with Gasteiger partial charge in [0.25, 0.3) is 5.91 Å². The maximum Gasteiger partial charge on any atom is 0.416 e. The van der Waals surface area contributed by atoms with Gasteiger partial charge in [0.15, 0.2) is 0 Å². The van der Waals surface area contributed by atoms with Crippen molar-refractivity contribution in [3.63, 3.8) is 0 Å². The summed E-state index contributed by atoms with van der Waals surface area (Å²) >= 11 is 0. The van der Waals surface area contributed by atoms with Crippen molar-refractivity contribution in [3.05, 3.63) is 65.7 Å². The number of alkyl halides is 3. The summed E-state index contributed by atoms with van der Waals surface area (Å²) in [4.78, 5) is 23.5. The Balaban J connectivity index is 1.83. The Morgan fingerprint density at radius 3 is 2.33 bits per heavy atom. The van der Waals surface area contributed by atoms with Crippen molar-refractivity contribution in [1.29, 1.82) is 0 Å².